The Hall–Kier alpha value is -8.41. The van der Waals surface area contributed by atoms with E-state index in [2.05, 4.69) is 51.2 Å². The lowest BCUT2D eigenvalue weighted by Gasteiger charge is -2.39. The maximum absolute atomic E-state index is 18.6. The Morgan fingerprint density at radius 3 is 2.00 bits per heavy atom. The second-order valence-corrected chi connectivity index (χ2v) is 21.5. The zero-order chi connectivity index (χ0) is 56.8. The summed E-state index contributed by atoms with van der Waals surface area (Å²) in [6, 6.07) is 46.3. The van der Waals surface area contributed by atoms with Gasteiger partial charge in [-0.15, -0.1) is 0 Å². The molecular formula is C64H58ClF5N8O4. The fourth-order valence-corrected chi connectivity index (χ4v) is 12.7. The number of aryl methyl sites for hydroxylation is 1. The second kappa shape index (κ2) is 22.2. The molecule has 6 heterocycles. The van der Waals surface area contributed by atoms with Crippen molar-refractivity contribution >= 4 is 23.2 Å². The molecule has 8 aromatic rings. The zero-order valence-corrected chi connectivity index (χ0v) is 46.0. The predicted octanol–water partition coefficient (Wildman–Crippen LogP) is 11.7. The van der Waals surface area contributed by atoms with Crippen LogP contribution in [-0.4, -0.2) is 76.6 Å². The highest BCUT2D eigenvalue weighted by Gasteiger charge is 2.50. The van der Waals surface area contributed by atoms with Gasteiger partial charge >= 0.3 is 12.1 Å². The maximum Gasteiger partial charge on any atom is 0.418 e. The average Bonchev–Trinajstić information content (AvgIpc) is 3.93. The summed E-state index contributed by atoms with van der Waals surface area (Å²) in [6.45, 7) is 2.56. The van der Waals surface area contributed by atoms with Gasteiger partial charge in [-0.2, -0.15) is 13.2 Å². The van der Waals surface area contributed by atoms with Crippen LogP contribution in [0.1, 0.15) is 63.9 Å². The van der Waals surface area contributed by atoms with Crippen molar-refractivity contribution in [3.05, 3.63) is 236 Å². The lowest BCUT2D eigenvalue weighted by molar-refractivity contribution is -0.137. The molecule has 1 N–H and O–H groups in total. The van der Waals surface area contributed by atoms with E-state index in [4.69, 9.17) is 45.5 Å². The van der Waals surface area contributed by atoms with Crippen LogP contribution in [0.25, 0.3) is 17.1 Å². The number of fused-ring (bicyclic) bond motifs is 1. The minimum Gasteiger partial charge on any atom is -0.497 e. The molecule has 2 saturated heterocycles. The number of methoxy groups -OCH3 is 2. The molecule has 6 aromatic carbocycles. The van der Waals surface area contributed by atoms with Crippen molar-refractivity contribution in [2.24, 2.45) is 4.99 Å². The number of imidazole rings is 1. The molecular weight excluding hydrogens is 1080 g/mol. The molecule has 0 bridgehead atoms. The minimum atomic E-state index is -5.04. The van der Waals surface area contributed by atoms with Gasteiger partial charge in [0.05, 0.1) is 83.1 Å². The van der Waals surface area contributed by atoms with Gasteiger partial charge in [-0.1, -0.05) is 127 Å². The van der Waals surface area contributed by atoms with Crippen LogP contribution in [-0.2, 0) is 36.1 Å². The number of aromatic nitrogens is 3. The van der Waals surface area contributed by atoms with Crippen molar-refractivity contribution in [1.82, 2.24) is 29.7 Å². The Balaban J connectivity index is 1.04. The number of ether oxygens (including phenoxy) is 4. The van der Waals surface area contributed by atoms with Crippen molar-refractivity contribution in [3.8, 4) is 28.5 Å². The van der Waals surface area contributed by atoms with Gasteiger partial charge in [0.1, 0.15) is 48.1 Å². The topological polar surface area (TPSA) is 102 Å². The molecule has 0 aliphatic carbocycles. The van der Waals surface area contributed by atoms with Crippen molar-refractivity contribution in [3.63, 3.8) is 0 Å². The standard InChI is InChI=1S/C64H58ClF5N8O4/c1-41-30-51(75(33-42-20-24-49(79-2)25-21-42)34-43-22-26-50(80-3)27-23-43)74-58(55(41)64(68,69)70)53-56(65)59-54-60(57(53)67)82-52(81-38-62-28-13-29-77(62)35-47(66)31-62)37-76(61(54)73-39-72-59)36-48-32-71-40-78(48)63(44-14-7-4-8-15-44,45-16-9-5-10-17-45)46-18-11-6-12-19-46/h4-12,14-27,30,32,37,40,47,73H,13,28-29,31,33-36,38-39H2,1-3H3/t47-,62+/m1/s1. The minimum absolute atomic E-state index is 0.0131. The van der Waals surface area contributed by atoms with Crippen LogP contribution in [0.5, 0.6) is 17.2 Å². The van der Waals surface area contributed by atoms with Crippen molar-refractivity contribution < 1.29 is 40.9 Å². The number of pyridine rings is 1. The molecule has 0 radical (unpaired) electrons. The third-order valence-corrected chi connectivity index (χ3v) is 16.5. The quantitative estimate of drug-likeness (QED) is 0.0701. The molecule has 2 fully saturated rings. The van der Waals surface area contributed by atoms with Crippen LogP contribution in [0, 0.1) is 12.7 Å². The smallest absolute Gasteiger partial charge is 0.418 e. The summed E-state index contributed by atoms with van der Waals surface area (Å²) in [5.74, 6) is -0.256. The van der Waals surface area contributed by atoms with Crippen LogP contribution < -0.4 is 35.0 Å². The first-order valence-corrected chi connectivity index (χ1v) is 27.5. The van der Waals surface area contributed by atoms with Crippen molar-refractivity contribution in [2.75, 3.05) is 45.5 Å². The van der Waals surface area contributed by atoms with E-state index in [0.29, 0.717) is 30.2 Å². The zero-order valence-electron chi connectivity index (χ0n) is 45.3. The van der Waals surface area contributed by atoms with Gasteiger partial charge < -0.3 is 38.6 Å². The second-order valence-electron chi connectivity index (χ2n) is 21.1. The lowest BCUT2D eigenvalue weighted by atomic mass is 9.76. The summed E-state index contributed by atoms with van der Waals surface area (Å²) in [7, 11) is 3.12. The summed E-state index contributed by atoms with van der Waals surface area (Å²) in [5, 5.41) is 2.96. The molecule has 0 saturated carbocycles. The summed E-state index contributed by atoms with van der Waals surface area (Å²) in [5.41, 5.74) is 0.645. The summed E-state index contributed by atoms with van der Waals surface area (Å²) in [6.07, 6.45) is 0.737. The van der Waals surface area contributed by atoms with E-state index in [9.17, 15) is 0 Å². The molecule has 420 valence electrons. The third kappa shape index (κ3) is 9.92. The molecule has 0 unspecified atom stereocenters. The van der Waals surface area contributed by atoms with Gasteiger partial charge in [-0.05, 0) is 90.0 Å². The summed E-state index contributed by atoms with van der Waals surface area (Å²) in [4.78, 5) is 20.0. The maximum atomic E-state index is 18.6. The third-order valence-electron chi connectivity index (χ3n) is 16.1. The SMILES string of the molecule is COc1ccc(CN(Cc2ccc(OC)cc2)c2cc(C)c(C(F)(F)F)c(-c3c(F)c4c5c(c3Cl)=NCNC=5N(Cc3cncn3C(c3ccccc3)(c3ccccc3)c3ccccc3)C=C(OC[C@@]35CCCN3C[C@H](F)C5)O4)n2)cc1. The molecule has 4 aliphatic heterocycles. The summed E-state index contributed by atoms with van der Waals surface area (Å²) >= 11 is 7.40. The Bertz CT molecular complexity index is 3650. The number of benzene rings is 6. The molecule has 2 atom stereocenters. The van der Waals surface area contributed by atoms with Crippen LogP contribution >= 0.6 is 11.6 Å². The van der Waals surface area contributed by atoms with Crippen LogP contribution in [0.3, 0.4) is 0 Å². The first-order chi connectivity index (χ1) is 39.8. The van der Waals surface area contributed by atoms with E-state index >= 15 is 22.0 Å². The van der Waals surface area contributed by atoms with Gasteiger partial charge in [0, 0.05) is 26.1 Å². The highest BCUT2D eigenvalue weighted by molar-refractivity contribution is 6.33. The molecule has 12 nitrogen and oxygen atoms in total. The van der Waals surface area contributed by atoms with E-state index in [1.165, 1.54) is 13.0 Å². The Kier molecular flexibility index (Phi) is 14.6. The van der Waals surface area contributed by atoms with Crippen molar-refractivity contribution in [1.29, 1.82) is 0 Å². The first-order valence-electron chi connectivity index (χ1n) is 27.1. The molecule has 2 aromatic heterocycles. The molecule has 12 rings (SSSR count). The Labute approximate surface area is 476 Å². The lowest BCUT2D eigenvalue weighted by Crippen LogP contribution is -2.45. The largest absolute Gasteiger partial charge is 0.497 e. The Morgan fingerprint density at radius 1 is 0.829 bits per heavy atom. The number of hydrogen-bond acceptors (Lipinski definition) is 11. The molecule has 0 amide bonds. The normalized spacial score (nSPS) is 17.7. The highest BCUT2D eigenvalue weighted by atomic mass is 35.5. The van der Waals surface area contributed by atoms with E-state index in [1.807, 2.05) is 83.8 Å². The number of alkyl halides is 4. The predicted molar refractivity (Wildman–Crippen MR) is 303 cm³/mol. The molecule has 4 aliphatic rings. The van der Waals surface area contributed by atoms with Crippen LogP contribution in [0.2, 0.25) is 5.02 Å². The highest BCUT2D eigenvalue weighted by Crippen LogP contribution is 2.46. The van der Waals surface area contributed by atoms with Gasteiger partial charge in [0.15, 0.2) is 11.6 Å². The monoisotopic (exact) mass is 1130 g/mol. The first kappa shape index (κ1) is 54.2. The fraction of sp³-hybridized carbons (Fsp3) is 0.266. The number of halogens is 6. The van der Waals surface area contributed by atoms with Crippen LogP contribution in [0.15, 0.2) is 175 Å². The average molecular weight is 1130 g/mol. The molecule has 18 heteroatoms. The van der Waals surface area contributed by atoms with Gasteiger partial charge in [0.2, 0.25) is 0 Å². The summed E-state index contributed by atoms with van der Waals surface area (Å²) < 4.78 is 108. The number of nitrogens with one attached hydrogen (secondary N) is 1. The van der Waals surface area contributed by atoms with Crippen molar-refractivity contribution in [2.45, 2.75) is 69.2 Å². The molecule has 82 heavy (non-hydrogen) atoms. The number of anilines is 1. The van der Waals surface area contributed by atoms with E-state index in [-0.39, 0.29) is 79.6 Å². The fourth-order valence-electron chi connectivity index (χ4n) is 12.4. The van der Waals surface area contributed by atoms with E-state index in [0.717, 1.165) is 34.2 Å². The van der Waals surface area contributed by atoms with Gasteiger partial charge in [-0.25, -0.2) is 18.7 Å². The number of hydrogen-bond donors (Lipinski definition) is 1. The molecule has 0 spiro atoms. The van der Waals surface area contributed by atoms with E-state index in [1.54, 1.807) is 62.1 Å². The number of rotatable bonds is 17. The number of nitrogens with zero attached hydrogens (tertiary/aromatic N) is 7. The van der Waals surface area contributed by atoms with Gasteiger partial charge in [0.25, 0.3) is 0 Å². The Morgan fingerprint density at radius 2 is 1.43 bits per heavy atom. The van der Waals surface area contributed by atoms with Crippen LogP contribution in [0.4, 0.5) is 27.8 Å². The van der Waals surface area contributed by atoms with Gasteiger partial charge in [-0.3, -0.25) is 9.89 Å². The van der Waals surface area contributed by atoms with E-state index < -0.39 is 56.8 Å².